The van der Waals surface area contributed by atoms with Gasteiger partial charge in [0.15, 0.2) is 6.61 Å². The van der Waals surface area contributed by atoms with Crippen LogP contribution >= 0.6 is 0 Å². The number of aryl methyl sites for hydroxylation is 2. The molecule has 0 unspecified atom stereocenters. The van der Waals surface area contributed by atoms with Gasteiger partial charge in [0.1, 0.15) is 5.75 Å². The number of rotatable bonds is 5. The molecule has 0 spiro atoms. The maximum atomic E-state index is 5.64. The Bertz CT molecular complexity index is 503. The predicted octanol–water partition coefficient (Wildman–Crippen LogP) is 0.828. The molecule has 2 aromatic rings. The summed E-state index contributed by atoms with van der Waals surface area (Å²) in [5, 5.41) is 11.9. The highest BCUT2D eigenvalue weighted by atomic mass is 16.5. The van der Waals surface area contributed by atoms with Crippen LogP contribution in [0.2, 0.25) is 0 Å². The number of benzene rings is 1. The summed E-state index contributed by atoms with van der Waals surface area (Å²) < 4.78 is 5.64. The number of aromatic nitrogens is 4. The van der Waals surface area contributed by atoms with E-state index < -0.39 is 0 Å². The zero-order chi connectivity index (χ0) is 13.0. The van der Waals surface area contributed by atoms with E-state index in [1.807, 2.05) is 26.0 Å². The third kappa shape index (κ3) is 3.27. The molecule has 18 heavy (non-hydrogen) atoms. The van der Waals surface area contributed by atoms with Crippen molar-refractivity contribution in [3.63, 3.8) is 0 Å². The van der Waals surface area contributed by atoms with Gasteiger partial charge in [0.25, 0.3) is 0 Å². The molecule has 0 atom stereocenters. The Morgan fingerprint density at radius 1 is 1.22 bits per heavy atom. The summed E-state index contributed by atoms with van der Waals surface area (Å²) in [6.07, 6.45) is 0. The number of hydrogen-bond acceptors (Lipinski definition) is 5. The van der Waals surface area contributed by atoms with E-state index in [2.05, 4.69) is 21.5 Å². The average molecular weight is 247 g/mol. The van der Waals surface area contributed by atoms with Crippen LogP contribution < -0.4 is 10.5 Å². The first-order valence-corrected chi connectivity index (χ1v) is 5.85. The Balaban J connectivity index is 1.97. The molecule has 0 radical (unpaired) electrons. The van der Waals surface area contributed by atoms with E-state index >= 15 is 0 Å². The van der Waals surface area contributed by atoms with Crippen molar-refractivity contribution in [3.05, 3.63) is 35.2 Å². The van der Waals surface area contributed by atoms with Crippen LogP contribution in [-0.4, -0.2) is 26.8 Å². The highest BCUT2D eigenvalue weighted by Crippen LogP contribution is 2.16. The van der Waals surface area contributed by atoms with E-state index in [-0.39, 0.29) is 0 Å². The second-order valence-corrected chi connectivity index (χ2v) is 4.20. The maximum absolute atomic E-state index is 5.64. The number of tetrazole rings is 1. The van der Waals surface area contributed by atoms with Gasteiger partial charge in [-0.15, -0.1) is 10.2 Å². The van der Waals surface area contributed by atoms with Crippen molar-refractivity contribution in [1.29, 1.82) is 0 Å². The first-order chi connectivity index (χ1) is 8.67. The lowest BCUT2D eigenvalue weighted by atomic mass is 10.1. The lowest BCUT2D eigenvalue weighted by Gasteiger charge is -2.05. The molecule has 0 aliphatic carbocycles. The second kappa shape index (κ2) is 5.59. The fourth-order valence-corrected chi connectivity index (χ4v) is 1.71. The minimum atomic E-state index is 0.313. The molecule has 1 heterocycles. The van der Waals surface area contributed by atoms with Crippen molar-refractivity contribution < 1.29 is 4.74 Å². The van der Waals surface area contributed by atoms with E-state index in [1.54, 1.807) is 0 Å². The average Bonchev–Trinajstić information content (AvgIpc) is 2.74. The van der Waals surface area contributed by atoms with E-state index in [0.29, 0.717) is 25.5 Å². The first-order valence-electron chi connectivity index (χ1n) is 5.85. The molecule has 0 saturated heterocycles. The Hall–Kier alpha value is -1.95. The lowest BCUT2D eigenvalue weighted by molar-refractivity contribution is 0.294. The van der Waals surface area contributed by atoms with Crippen LogP contribution in [-0.2, 0) is 13.2 Å². The molecule has 0 bridgehead atoms. The molecule has 0 saturated carbocycles. The smallest absolute Gasteiger partial charge is 0.212 e. The zero-order valence-corrected chi connectivity index (χ0v) is 10.6. The molecular formula is C12H17N5O. The normalized spacial score (nSPS) is 10.6. The largest absolute Gasteiger partial charge is 0.485 e. The summed E-state index contributed by atoms with van der Waals surface area (Å²) >= 11 is 0. The highest BCUT2D eigenvalue weighted by molar-refractivity contribution is 5.32. The maximum Gasteiger partial charge on any atom is 0.212 e. The van der Waals surface area contributed by atoms with Crippen LogP contribution in [0.1, 0.15) is 17.0 Å². The van der Waals surface area contributed by atoms with Crippen LogP contribution in [0.4, 0.5) is 0 Å². The Morgan fingerprint density at radius 3 is 2.61 bits per heavy atom. The Kier molecular flexibility index (Phi) is 3.88. The SMILES string of the molecule is Cc1cc(C)cc(OCc2nnn(CCN)n2)c1. The third-order valence-corrected chi connectivity index (χ3v) is 2.39. The van der Waals surface area contributed by atoms with Gasteiger partial charge < -0.3 is 10.5 Å². The second-order valence-electron chi connectivity index (χ2n) is 4.20. The van der Waals surface area contributed by atoms with Gasteiger partial charge in [0.2, 0.25) is 5.82 Å². The van der Waals surface area contributed by atoms with Crippen molar-refractivity contribution in [1.82, 2.24) is 20.2 Å². The molecule has 6 nitrogen and oxygen atoms in total. The predicted molar refractivity (Wildman–Crippen MR) is 67.1 cm³/mol. The standard InChI is InChI=1S/C12H17N5O/c1-9-5-10(2)7-11(6-9)18-8-12-14-16-17(15-12)4-3-13/h5-7H,3-4,8,13H2,1-2H3. The topological polar surface area (TPSA) is 78.9 Å². The zero-order valence-electron chi connectivity index (χ0n) is 10.6. The molecule has 0 aliphatic rings. The molecule has 0 aliphatic heterocycles. The minimum absolute atomic E-state index is 0.313. The Morgan fingerprint density at radius 2 is 1.94 bits per heavy atom. The van der Waals surface area contributed by atoms with Crippen molar-refractivity contribution >= 4 is 0 Å². The molecule has 6 heteroatoms. The summed E-state index contributed by atoms with van der Waals surface area (Å²) in [5.74, 6) is 1.38. The van der Waals surface area contributed by atoms with Gasteiger partial charge in [-0.1, -0.05) is 6.07 Å². The fourth-order valence-electron chi connectivity index (χ4n) is 1.71. The van der Waals surface area contributed by atoms with Crippen molar-refractivity contribution in [2.75, 3.05) is 6.54 Å². The molecule has 2 rings (SSSR count). The molecule has 1 aromatic heterocycles. The number of nitrogens with zero attached hydrogens (tertiary/aromatic N) is 4. The van der Waals surface area contributed by atoms with Gasteiger partial charge in [-0.25, -0.2) is 0 Å². The summed E-state index contributed by atoms with van der Waals surface area (Å²) in [4.78, 5) is 1.47. The van der Waals surface area contributed by atoms with Crippen molar-refractivity contribution in [3.8, 4) is 5.75 Å². The van der Waals surface area contributed by atoms with Crippen LogP contribution in [0.15, 0.2) is 18.2 Å². The Labute approximate surface area is 106 Å². The number of ether oxygens (including phenoxy) is 1. The van der Waals surface area contributed by atoms with Crippen LogP contribution in [0.5, 0.6) is 5.75 Å². The summed E-state index contributed by atoms with van der Waals surface area (Å²) in [7, 11) is 0. The number of hydrogen-bond donors (Lipinski definition) is 1. The molecule has 0 fully saturated rings. The van der Waals surface area contributed by atoms with Crippen LogP contribution in [0.25, 0.3) is 0 Å². The van der Waals surface area contributed by atoms with E-state index in [1.165, 1.54) is 15.9 Å². The molecular weight excluding hydrogens is 230 g/mol. The van der Waals surface area contributed by atoms with Crippen molar-refractivity contribution in [2.24, 2.45) is 5.73 Å². The van der Waals surface area contributed by atoms with Gasteiger partial charge in [-0.3, -0.25) is 0 Å². The van der Waals surface area contributed by atoms with E-state index in [0.717, 1.165) is 5.75 Å². The molecule has 96 valence electrons. The van der Waals surface area contributed by atoms with E-state index in [4.69, 9.17) is 10.5 Å². The monoisotopic (exact) mass is 247 g/mol. The van der Waals surface area contributed by atoms with Gasteiger partial charge in [-0.05, 0) is 42.3 Å². The molecule has 2 N–H and O–H groups in total. The molecule has 1 aromatic carbocycles. The highest BCUT2D eigenvalue weighted by Gasteiger charge is 2.04. The summed E-state index contributed by atoms with van der Waals surface area (Å²) in [6.45, 7) is 5.45. The summed E-state index contributed by atoms with van der Waals surface area (Å²) in [6, 6.07) is 6.07. The van der Waals surface area contributed by atoms with Crippen LogP contribution in [0.3, 0.4) is 0 Å². The third-order valence-electron chi connectivity index (χ3n) is 2.39. The summed E-state index contributed by atoms with van der Waals surface area (Å²) in [5.41, 5.74) is 7.75. The number of nitrogens with two attached hydrogens (primary N) is 1. The van der Waals surface area contributed by atoms with Gasteiger partial charge in [0.05, 0.1) is 6.54 Å². The van der Waals surface area contributed by atoms with Gasteiger partial charge in [0, 0.05) is 6.54 Å². The lowest BCUT2D eigenvalue weighted by Crippen LogP contribution is -2.12. The van der Waals surface area contributed by atoms with Gasteiger partial charge in [-0.2, -0.15) is 4.80 Å². The van der Waals surface area contributed by atoms with E-state index in [9.17, 15) is 0 Å². The molecule has 0 amide bonds. The fraction of sp³-hybridized carbons (Fsp3) is 0.417. The quantitative estimate of drug-likeness (QED) is 0.846. The first kappa shape index (κ1) is 12.5. The van der Waals surface area contributed by atoms with Crippen LogP contribution in [0, 0.1) is 13.8 Å². The van der Waals surface area contributed by atoms with Gasteiger partial charge >= 0.3 is 0 Å². The minimum Gasteiger partial charge on any atom is -0.485 e. The van der Waals surface area contributed by atoms with Crippen molar-refractivity contribution in [2.45, 2.75) is 27.0 Å².